The zero-order valence-electron chi connectivity index (χ0n) is 13.5. The Balaban J connectivity index is 2.28. The van der Waals surface area contributed by atoms with E-state index in [0.717, 1.165) is 0 Å². The van der Waals surface area contributed by atoms with Crippen LogP contribution in [0.15, 0.2) is 47.5 Å². The summed E-state index contributed by atoms with van der Waals surface area (Å²) in [5.74, 6) is -1.06. The van der Waals surface area contributed by atoms with Gasteiger partial charge in [0.2, 0.25) is 0 Å². The predicted octanol–water partition coefficient (Wildman–Crippen LogP) is 3.70. The molecule has 25 heavy (non-hydrogen) atoms. The molecular formula is C18H14Cl2N2O3. The van der Waals surface area contributed by atoms with Crippen LogP contribution in [-0.4, -0.2) is 30.9 Å². The van der Waals surface area contributed by atoms with E-state index >= 15 is 0 Å². The number of nitrogens with zero attached hydrogens (tertiary/aromatic N) is 2. The van der Waals surface area contributed by atoms with Gasteiger partial charge in [-0.15, -0.1) is 0 Å². The summed E-state index contributed by atoms with van der Waals surface area (Å²) in [4.78, 5) is 29.9. The smallest absolute Gasteiger partial charge is 0.305 e. The quantitative estimate of drug-likeness (QED) is 0.750. The molecule has 0 unspecified atom stereocenters. The molecule has 0 aliphatic carbocycles. The number of benzene rings is 2. The van der Waals surface area contributed by atoms with Crippen molar-refractivity contribution in [3.63, 3.8) is 0 Å². The van der Waals surface area contributed by atoms with Gasteiger partial charge in [0.1, 0.15) is 0 Å². The van der Waals surface area contributed by atoms with Crippen LogP contribution in [-0.2, 0) is 14.3 Å². The van der Waals surface area contributed by atoms with Crippen molar-refractivity contribution >= 4 is 46.5 Å². The zero-order chi connectivity index (χ0) is 18.1. The first-order valence-corrected chi connectivity index (χ1v) is 8.21. The van der Waals surface area contributed by atoms with Gasteiger partial charge < -0.3 is 9.64 Å². The lowest BCUT2D eigenvalue weighted by molar-refractivity contribution is -0.152. The van der Waals surface area contributed by atoms with Crippen molar-refractivity contribution in [3.8, 4) is 0 Å². The van der Waals surface area contributed by atoms with Crippen molar-refractivity contribution in [2.24, 2.45) is 4.99 Å². The van der Waals surface area contributed by atoms with E-state index in [1.54, 1.807) is 43.4 Å². The average molecular weight is 377 g/mol. The van der Waals surface area contributed by atoms with Crippen LogP contribution in [0.3, 0.4) is 0 Å². The number of ether oxygens (including phenoxy) is 1. The van der Waals surface area contributed by atoms with Crippen molar-refractivity contribution in [2.75, 3.05) is 11.9 Å². The van der Waals surface area contributed by atoms with E-state index in [4.69, 9.17) is 27.9 Å². The van der Waals surface area contributed by atoms with Crippen molar-refractivity contribution in [1.82, 2.24) is 0 Å². The lowest BCUT2D eigenvalue weighted by atomic mass is 10.0. The molecule has 2 aromatic rings. The lowest BCUT2D eigenvalue weighted by Crippen LogP contribution is -2.37. The number of halogens is 2. The van der Waals surface area contributed by atoms with Crippen LogP contribution in [0.1, 0.15) is 18.1 Å². The van der Waals surface area contributed by atoms with Gasteiger partial charge in [-0.2, -0.15) is 0 Å². The number of esters is 1. The molecular weight excluding hydrogens is 363 g/mol. The number of hydrogen-bond acceptors (Lipinski definition) is 4. The minimum absolute atomic E-state index is 0.437. The van der Waals surface area contributed by atoms with E-state index in [9.17, 15) is 9.59 Å². The van der Waals surface area contributed by atoms with Crippen LogP contribution in [0.4, 0.5) is 5.69 Å². The first kappa shape index (κ1) is 17.5. The topological polar surface area (TPSA) is 59.0 Å². The summed E-state index contributed by atoms with van der Waals surface area (Å²) >= 11 is 12.5. The molecule has 1 atom stereocenters. The Morgan fingerprint density at radius 1 is 1.16 bits per heavy atom. The number of likely N-dealkylation sites (N-methyl/N-ethyl adjacent to an activating group) is 1. The number of fused-ring (bicyclic) bond motifs is 1. The summed E-state index contributed by atoms with van der Waals surface area (Å²) < 4.78 is 5.11. The summed E-state index contributed by atoms with van der Waals surface area (Å²) in [6.45, 7) is 1.23. The maximum Gasteiger partial charge on any atom is 0.305 e. The highest BCUT2D eigenvalue weighted by molar-refractivity contribution is 6.37. The van der Waals surface area contributed by atoms with Gasteiger partial charge in [0.05, 0.1) is 11.4 Å². The van der Waals surface area contributed by atoms with E-state index in [-0.39, 0.29) is 0 Å². The Bertz CT molecular complexity index is 896. The minimum atomic E-state index is -1.29. The van der Waals surface area contributed by atoms with Gasteiger partial charge in [0.15, 0.2) is 0 Å². The Morgan fingerprint density at radius 3 is 2.56 bits per heavy atom. The maximum atomic E-state index is 12.7. The number of hydrogen-bond donors (Lipinski definition) is 0. The monoisotopic (exact) mass is 376 g/mol. The fourth-order valence-corrected chi connectivity index (χ4v) is 3.02. The summed E-state index contributed by atoms with van der Waals surface area (Å²) in [5.41, 5.74) is 2.29. The Hall–Kier alpha value is -2.37. The lowest BCUT2D eigenvalue weighted by Gasteiger charge is -2.20. The molecule has 0 N–H and O–H groups in total. The largest absolute Gasteiger partial charge is 0.430 e. The van der Waals surface area contributed by atoms with Gasteiger partial charge >= 0.3 is 5.97 Å². The van der Waals surface area contributed by atoms with Gasteiger partial charge in [-0.25, -0.2) is 4.99 Å². The van der Waals surface area contributed by atoms with Crippen LogP contribution >= 0.6 is 23.2 Å². The molecule has 1 amide bonds. The van der Waals surface area contributed by atoms with E-state index in [0.29, 0.717) is 32.6 Å². The number of rotatable bonds is 2. The molecule has 0 spiro atoms. The van der Waals surface area contributed by atoms with Gasteiger partial charge in [-0.05, 0) is 24.3 Å². The molecule has 0 radical (unpaired) electrons. The van der Waals surface area contributed by atoms with E-state index in [1.807, 2.05) is 6.07 Å². The first-order chi connectivity index (χ1) is 11.9. The Labute approximate surface area is 154 Å². The molecule has 1 heterocycles. The summed E-state index contributed by atoms with van der Waals surface area (Å²) in [6.07, 6.45) is -1.29. The average Bonchev–Trinajstić information content (AvgIpc) is 2.66. The number of anilines is 1. The normalized spacial score (nSPS) is 16.8. The minimum Gasteiger partial charge on any atom is -0.430 e. The highest BCUT2D eigenvalue weighted by Gasteiger charge is 2.32. The highest BCUT2D eigenvalue weighted by atomic mass is 35.5. The molecule has 0 saturated heterocycles. The standard InChI is InChI=1S/C18H14Cl2N2O3/c1-10(23)25-17-18(24)22(2)15-8-7-11(19)9-13(15)16(21-17)12-5-3-4-6-14(12)20/h3-9,17H,1-2H3/t17-/m0/s1. The van der Waals surface area contributed by atoms with Crippen molar-refractivity contribution in [2.45, 2.75) is 13.2 Å². The van der Waals surface area contributed by atoms with E-state index < -0.39 is 18.1 Å². The second kappa shape index (κ2) is 6.86. The van der Waals surface area contributed by atoms with E-state index in [1.165, 1.54) is 11.8 Å². The van der Waals surface area contributed by atoms with Crippen molar-refractivity contribution in [3.05, 3.63) is 63.6 Å². The van der Waals surface area contributed by atoms with Crippen LogP contribution in [0.2, 0.25) is 10.0 Å². The molecule has 0 saturated carbocycles. The predicted molar refractivity (Wildman–Crippen MR) is 97.5 cm³/mol. The number of carbonyl (C=O) groups excluding carboxylic acids is 2. The number of carbonyl (C=O) groups is 2. The van der Waals surface area contributed by atoms with Crippen LogP contribution < -0.4 is 4.90 Å². The van der Waals surface area contributed by atoms with Crippen LogP contribution in [0.25, 0.3) is 0 Å². The highest BCUT2D eigenvalue weighted by Crippen LogP contribution is 2.32. The maximum absolute atomic E-state index is 12.7. The van der Waals surface area contributed by atoms with Crippen molar-refractivity contribution < 1.29 is 14.3 Å². The first-order valence-electron chi connectivity index (χ1n) is 7.46. The third-order valence-corrected chi connectivity index (χ3v) is 4.33. The second-order valence-corrected chi connectivity index (χ2v) is 6.32. The molecule has 1 aliphatic rings. The van der Waals surface area contributed by atoms with Gasteiger partial charge in [0, 0.05) is 35.1 Å². The Kier molecular flexibility index (Phi) is 4.79. The van der Waals surface area contributed by atoms with E-state index in [2.05, 4.69) is 4.99 Å². The fraction of sp³-hybridized carbons (Fsp3) is 0.167. The number of amides is 1. The Morgan fingerprint density at radius 2 is 1.88 bits per heavy atom. The van der Waals surface area contributed by atoms with Crippen LogP contribution in [0, 0.1) is 0 Å². The molecule has 5 nitrogen and oxygen atoms in total. The SMILES string of the molecule is CC(=O)O[C@@H]1N=C(c2ccccc2Cl)c2cc(Cl)ccc2N(C)C1=O. The summed E-state index contributed by atoms with van der Waals surface area (Å²) in [7, 11) is 1.59. The molecule has 1 aliphatic heterocycles. The molecule has 0 fully saturated rings. The molecule has 3 rings (SSSR count). The fourth-order valence-electron chi connectivity index (χ4n) is 2.62. The zero-order valence-corrected chi connectivity index (χ0v) is 15.0. The summed E-state index contributed by atoms with van der Waals surface area (Å²) in [5, 5.41) is 0.955. The number of benzodiazepines with no additional fused rings is 1. The van der Waals surface area contributed by atoms with Gasteiger partial charge in [-0.1, -0.05) is 41.4 Å². The van der Waals surface area contributed by atoms with Gasteiger partial charge in [-0.3, -0.25) is 9.59 Å². The third kappa shape index (κ3) is 3.38. The third-order valence-electron chi connectivity index (χ3n) is 3.77. The molecule has 7 heteroatoms. The second-order valence-electron chi connectivity index (χ2n) is 5.48. The molecule has 0 aromatic heterocycles. The molecule has 0 bridgehead atoms. The van der Waals surface area contributed by atoms with Gasteiger partial charge in [0.25, 0.3) is 12.1 Å². The van der Waals surface area contributed by atoms with Crippen molar-refractivity contribution in [1.29, 1.82) is 0 Å². The molecule has 2 aromatic carbocycles. The number of aliphatic imine (C=N–C) groups is 1. The molecule has 128 valence electrons. The van der Waals surface area contributed by atoms with Crippen LogP contribution in [0.5, 0.6) is 0 Å². The summed E-state index contributed by atoms with van der Waals surface area (Å²) in [6, 6.07) is 12.2.